The number of aromatic nitrogens is 3. The predicted molar refractivity (Wildman–Crippen MR) is 50.6 cm³/mol. The molecule has 0 fully saturated rings. The zero-order chi connectivity index (χ0) is 9.10. The summed E-state index contributed by atoms with van der Waals surface area (Å²) in [6.45, 7) is 0.660. The van der Waals surface area contributed by atoms with Crippen LogP contribution in [0.5, 0.6) is 0 Å². The summed E-state index contributed by atoms with van der Waals surface area (Å²) in [5.41, 5.74) is 0.913. The van der Waals surface area contributed by atoms with E-state index < -0.39 is 0 Å². The molecule has 2 rings (SSSR count). The summed E-state index contributed by atoms with van der Waals surface area (Å²) in [5, 5.41) is 4.59. The monoisotopic (exact) mass is 193 g/mol. The van der Waals surface area contributed by atoms with Crippen molar-refractivity contribution in [2.45, 2.75) is 6.54 Å². The van der Waals surface area contributed by atoms with Crippen LogP contribution in [0.15, 0.2) is 36.7 Å². The Bertz CT molecular complexity index is 384. The third-order valence-electron chi connectivity index (χ3n) is 1.66. The normalized spacial score (nSPS) is 10.2. The van der Waals surface area contributed by atoms with Crippen molar-refractivity contribution in [2.24, 2.45) is 0 Å². The average molecular weight is 194 g/mol. The van der Waals surface area contributed by atoms with Gasteiger partial charge in [0.05, 0.1) is 12.2 Å². The Morgan fingerprint density at radius 1 is 1.31 bits per heavy atom. The lowest BCUT2D eigenvalue weighted by molar-refractivity contribution is 0.673. The van der Waals surface area contributed by atoms with Crippen LogP contribution in [0.2, 0.25) is 5.15 Å². The summed E-state index contributed by atoms with van der Waals surface area (Å²) >= 11 is 5.74. The molecule has 0 unspecified atom stereocenters. The Hall–Kier alpha value is -1.35. The lowest BCUT2D eigenvalue weighted by Crippen LogP contribution is -2.01. The Labute approximate surface area is 81.0 Å². The summed E-state index contributed by atoms with van der Waals surface area (Å²) in [6, 6.07) is 7.44. The number of nitrogens with zero attached hydrogens (tertiary/aromatic N) is 3. The first-order valence-electron chi connectivity index (χ1n) is 3.93. The maximum atomic E-state index is 5.74. The van der Waals surface area contributed by atoms with E-state index in [1.165, 1.54) is 0 Å². The molecule has 0 aliphatic heterocycles. The molecule has 0 aliphatic carbocycles. The van der Waals surface area contributed by atoms with Gasteiger partial charge in [0.2, 0.25) is 0 Å². The van der Waals surface area contributed by atoms with Crippen molar-refractivity contribution in [3.8, 4) is 0 Å². The number of pyridine rings is 1. The van der Waals surface area contributed by atoms with E-state index in [2.05, 4.69) is 10.1 Å². The molecular formula is C9H8ClN3. The van der Waals surface area contributed by atoms with E-state index in [-0.39, 0.29) is 0 Å². The van der Waals surface area contributed by atoms with Crippen molar-refractivity contribution in [3.63, 3.8) is 0 Å². The van der Waals surface area contributed by atoms with Gasteiger partial charge in [0, 0.05) is 12.4 Å². The molecule has 0 aromatic carbocycles. The Morgan fingerprint density at radius 3 is 2.92 bits per heavy atom. The molecule has 13 heavy (non-hydrogen) atoms. The van der Waals surface area contributed by atoms with Crippen LogP contribution < -0.4 is 0 Å². The molecular weight excluding hydrogens is 186 g/mol. The predicted octanol–water partition coefficient (Wildman–Crippen LogP) is 1.98. The largest absolute Gasteiger partial charge is 0.267 e. The second-order valence-electron chi connectivity index (χ2n) is 2.66. The third-order valence-corrected chi connectivity index (χ3v) is 1.87. The molecule has 2 heterocycles. The fraction of sp³-hybridized carbons (Fsp3) is 0.111. The lowest BCUT2D eigenvalue weighted by Gasteiger charge is -2.00. The zero-order valence-electron chi connectivity index (χ0n) is 6.89. The number of halogens is 1. The highest BCUT2D eigenvalue weighted by atomic mass is 35.5. The number of rotatable bonds is 2. The van der Waals surface area contributed by atoms with E-state index in [0.717, 1.165) is 5.69 Å². The molecule has 4 heteroatoms. The molecule has 2 aromatic rings. The van der Waals surface area contributed by atoms with Gasteiger partial charge in [0.15, 0.2) is 0 Å². The second kappa shape index (κ2) is 3.58. The quantitative estimate of drug-likeness (QED) is 0.683. The molecule has 0 bridgehead atoms. The van der Waals surface area contributed by atoms with Gasteiger partial charge in [-0.15, -0.1) is 0 Å². The first-order valence-corrected chi connectivity index (χ1v) is 4.31. The van der Waals surface area contributed by atoms with Gasteiger partial charge in [-0.3, -0.25) is 4.68 Å². The summed E-state index contributed by atoms with van der Waals surface area (Å²) < 4.78 is 1.80. The van der Waals surface area contributed by atoms with E-state index in [1.807, 2.05) is 24.4 Å². The maximum Gasteiger partial charge on any atom is 0.129 e. The first-order chi connectivity index (χ1) is 6.34. The van der Waals surface area contributed by atoms with Gasteiger partial charge in [0.1, 0.15) is 5.15 Å². The number of hydrogen-bond acceptors (Lipinski definition) is 2. The molecule has 0 saturated heterocycles. The fourth-order valence-corrected chi connectivity index (χ4v) is 1.28. The van der Waals surface area contributed by atoms with Gasteiger partial charge in [-0.05, 0) is 18.2 Å². The van der Waals surface area contributed by atoms with Gasteiger partial charge in [-0.2, -0.15) is 5.10 Å². The third kappa shape index (κ3) is 2.06. The van der Waals surface area contributed by atoms with Crippen molar-refractivity contribution in [1.29, 1.82) is 0 Å². The van der Waals surface area contributed by atoms with E-state index in [4.69, 9.17) is 11.6 Å². The second-order valence-corrected chi connectivity index (χ2v) is 3.04. The van der Waals surface area contributed by atoms with Crippen LogP contribution in [0, 0.1) is 0 Å². The van der Waals surface area contributed by atoms with Crippen molar-refractivity contribution in [2.75, 3.05) is 0 Å². The summed E-state index contributed by atoms with van der Waals surface area (Å²) in [6.07, 6.45) is 3.63. The fourth-order valence-electron chi connectivity index (χ4n) is 1.10. The van der Waals surface area contributed by atoms with Crippen LogP contribution in [-0.2, 0) is 6.54 Å². The SMILES string of the molecule is Clc1cccc(Cn2cccn2)n1. The Morgan fingerprint density at radius 2 is 2.23 bits per heavy atom. The van der Waals surface area contributed by atoms with Crippen LogP contribution in [0.25, 0.3) is 0 Å². The van der Waals surface area contributed by atoms with Crippen molar-refractivity contribution < 1.29 is 0 Å². The van der Waals surface area contributed by atoms with Gasteiger partial charge in [0.25, 0.3) is 0 Å². The van der Waals surface area contributed by atoms with Crippen molar-refractivity contribution >= 4 is 11.6 Å². The Kier molecular flexibility index (Phi) is 2.27. The first kappa shape index (κ1) is 8.26. The van der Waals surface area contributed by atoms with E-state index in [9.17, 15) is 0 Å². The highest BCUT2D eigenvalue weighted by Crippen LogP contribution is 2.05. The molecule has 0 N–H and O–H groups in total. The van der Waals surface area contributed by atoms with Gasteiger partial charge < -0.3 is 0 Å². The highest BCUT2D eigenvalue weighted by molar-refractivity contribution is 6.29. The zero-order valence-corrected chi connectivity index (χ0v) is 7.65. The van der Waals surface area contributed by atoms with Crippen LogP contribution in [0.1, 0.15) is 5.69 Å². The summed E-state index contributed by atoms with van der Waals surface area (Å²) in [5.74, 6) is 0. The van der Waals surface area contributed by atoms with Crippen LogP contribution >= 0.6 is 11.6 Å². The minimum absolute atomic E-state index is 0.518. The van der Waals surface area contributed by atoms with E-state index in [0.29, 0.717) is 11.7 Å². The van der Waals surface area contributed by atoms with Crippen LogP contribution in [0.4, 0.5) is 0 Å². The molecule has 0 amide bonds. The summed E-state index contributed by atoms with van der Waals surface area (Å²) in [4.78, 5) is 4.15. The summed E-state index contributed by atoms with van der Waals surface area (Å²) in [7, 11) is 0. The van der Waals surface area contributed by atoms with Gasteiger partial charge in [-0.1, -0.05) is 17.7 Å². The van der Waals surface area contributed by atoms with Crippen molar-refractivity contribution in [3.05, 3.63) is 47.5 Å². The molecule has 0 radical (unpaired) electrons. The standard InChI is InChI=1S/C9H8ClN3/c10-9-4-1-3-8(12-9)7-13-6-2-5-11-13/h1-6H,7H2. The molecule has 0 saturated carbocycles. The minimum Gasteiger partial charge on any atom is -0.267 e. The number of hydrogen-bond donors (Lipinski definition) is 0. The molecule has 66 valence electrons. The molecule has 0 spiro atoms. The lowest BCUT2D eigenvalue weighted by atomic mass is 10.3. The van der Waals surface area contributed by atoms with Crippen molar-refractivity contribution in [1.82, 2.24) is 14.8 Å². The van der Waals surface area contributed by atoms with Crippen LogP contribution in [0.3, 0.4) is 0 Å². The molecule has 0 aliphatic rings. The Balaban J connectivity index is 2.19. The maximum absolute atomic E-state index is 5.74. The van der Waals surface area contributed by atoms with Gasteiger partial charge >= 0.3 is 0 Å². The highest BCUT2D eigenvalue weighted by Gasteiger charge is 1.96. The van der Waals surface area contributed by atoms with E-state index >= 15 is 0 Å². The molecule has 3 nitrogen and oxygen atoms in total. The molecule has 2 aromatic heterocycles. The molecule has 0 atom stereocenters. The van der Waals surface area contributed by atoms with E-state index in [1.54, 1.807) is 16.9 Å². The smallest absolute Gasteiger partial charge is 0.129 e. The minimum atomic E-state index is 0.518. The van der Waals surface area contributed by atoms with Crippen LogP contribution in [-0.4, -0.2) is 14.8 Å². The van der Waals surface area contributed by atoms with Gasteiger partial charge in [-0.25, -0.2) is 4.98 Å². The topological polar surface area (TPSA) is 30.7 Å². The average Bonchev–Trinajstić information content (AvgIpc) is 2.57.